The van der Waals surface area contributed by atoms with Crippen molar-refractivity contribution in [2.45, 2.75) is 6.92 Å². The number of anilines is 5. The summed E-state index contributed by atoms with van der Waals surface area (Å²) in [6, 6.07) is 56.6. The van der Waals surface area contributed by atoms with Gasteiger partial charge in [-0.2, -0.15) is 0 Å². The van der Waals surface area contributed by atoms with Crippen molar-refractivity contribution < 1.29 is 0 Å². The maximum atomic E-state index is 4.52. The lowest BCUT2D eigenvalue weighted by atomic mass is 9.84. The van der Waals surface area contributed by atoms with E-state index >= 15 is 0 Å². The molecule has 6 nitrogen and oxygen atoms in total. The number of fused-ring (bicyclic) bond motifs is 4. The zero-order valence-corrected chi connectivity index (χ0v) is 33.6. The first kappa shape index (κ1) is 37.1. The minimum absolute atomic E-state index is 0.864. The highest BCUT2D eigenvalue weighted by Crippen LogP contribution is 2.48. The lowest BCUT2D eigenvalue weighted by Gasteiger charge is -2.28. The normalized spacial score (nSPS) is 11.8. The van der Waals surface area contributed by atoms with E-state index in [1.165, 1.54) is 21.5 Å². The Morgan fingerprint density at radius 1 is 0.475 bits per heavy atom. The van der Waals surface area contributed by atoms with Gasteiger partial charge in [0.25, 0.3) is 0 Å². The smallest absolute Gasteiger partial charge is 0.0645 e. The van der Waals surface area contributed by atoms with Gasteiger partial charge in [0.1, 0.15) is 0 Å². The molecule has 3 heterocycles. The highest BCUT2D eigenvalue weighted by Gasteiger charge is 2.23. The highest BCUT2D eigenvalue weighted by molar-refractivity contribution is 6.23. The van der Waals surface area contributed by atoms with Gasteiger partial charge in [-0.1, -0.05) is 91.0 Å². The van der Waals surface area contributed by atoms with Gasteiger partial charge in [0, 0.05) is 30.0 Å². The summed E-state index contributed by atoms with van der Waals surface area (Å²) in [5, 5.41) is 9.26. The summed E-state index contributed by atoms with van der Waals surface area (Å²) in [5.74, 6) is 0. The summed E-state index contributed by atoms with van der Waals surface area (Å²) in [6.07, 6.45) is 16.9. The van der Waals surface area contributed by atoms with Crippen LogP contribution in [0.5, 0.6) is 0 Å². The Hall–Kier alpha value is -8.22. The van der Waals surface area contributed by atoms with Crippen molar-refractivity contribution >= 4 is 78.2 Å². The Morgan fingerprint density at radius 3 is 1.46 bits per heavy atom. The number of nitrogens with zero attached hydrogens (tertiary/aromatic N) is 6. The van der Waals surface area contributed by atoms with Crippen molar-refractivity contribution in [3.05, 3.63) is 219 Å². The number of hydrogen-bond donors (Lipinski definition) is 0. The van der Waals surface area contributed by atoms with Crippen LogP contribution < -0.4 is 9.80 Å². The number of aromatic nitrogens is 3. The van der Waals surface area contributed by atoms with Crippen LogP contribution in [0.1, 0.15) is 6.92 Å². The molecule has 0 N–H and O–H groups in total. The molecule has 0 amide bonds. The van der Waals surface area contributed by atoms with Gasteiger partial charge in [0.2, 0.25) is 0 Å². The summed E-state index contributed by atoms with van der Waals surface area (Å²) in [7, 11) is 0. The fourth-order valence-electron chi connectivity index (χ4n) is 8.59. The number of benzene rings is 7. The molecule has 0 saturated carbocycles. The molecule has 0 spiro atoms. The molecule has 10 rings (SSSR count). The zero-order valence-electron chi connectivity index (χ0n) is 33.6. The molecule has 0 radical (unpaired) electrons. The van der Waals surface area contributed by atoms with E-state index in [2.05, 4.69) is 182 Å². The van der Waals surface area contributed by atoms with E-state index in [0.717, 1.165) is 77.9 Å². The van der Waals surface area contributed by atoms with Crippen LogP contribution in [0.3, 0.4) is 0 Å². The van der Waals surface area contributed by atoms with Crippen molar-refractivity contribution in [3.8, 4) is 22.3 Å². The van der Waals surface area contributed by atoms with E-state index in [1.54, 1.807) is 24.8 Å². The fourth-order valence-corrected chi connectivity index (χ4v) is 8.59. The Morgan fingerprint density at radius 2 is 0.967 bits per heavy atom. The van der Waals surface area contributed by atoms with Crippen molar-refractivity contribution in [1.29, 1.82) is 0 Å². The quantitative estimate of drug-likeness (QED) is 0.0785. The van der Waals surface area contributed by atoms with Crippen molar-refractivity contribution in [2.75, 3.05) is 9.80 Å². The maximum absolute atomic E-state index is 4.52. The van der Waals surface area contributed by atoms with E-state index < -0.39 is 0 Å². The lowest BCUT2D eigenvalue weighted by molar-refractivity contribution is 1.17. The standard InChI is InChI=1S/C55H40N6/c1-3-11-46(34-56-2)60(47-16-8-27-57-35-47)44-23-25-50-52(32-44)54(42-21-19-38-12-4-6-14-40(38)30-42)51-26-24-45(61(48-17-9-28-58-36-48)49-18-10-29-59-37-49)33-53(51)55(50)43-22-20-39-13-5-7-15-41(39)31-43/h3-37H,2H2,1H3/b11-3+,46-34+. The molecule has 61 heavy (non-hydrogen) atoms. The Labute approximate surface area is 354 Å². The second-order valence-electron chi connectivity index (χ2n) is 14.9. The molecule has 0 aliphatic carbocycles. The van der Waals surface area contributed by atoms with E-state index in [4.69, 9.17) is 0 Å². The molecule has 3 aromatic heterocycles. The van der Waals surface area contributed by atoms with Crippen molar-refractivity contribution in [1.82, 2.24) is 15.0 Å². The van der Waals surface area contributed by atoms with Crippen LogP contribution in [-0.4, -0.2) is 21.7 Å². The van der Waals surface area contributed by atoms with E-state index in [-0.39, 0.29) is 0 Å². The predicted molar refractivity (Wildman–Crippen MR) is 256 cm³/mol. The summed E-state index contributed by atoms with van der Waals surface area (Å²) < 4.78 is 0. The summed E-state index contributed by atoms with van der Waals surface area (Å²) in [4.78, 5) is 22.2. The van der Waals surface area contributed by atoms with Gasteiger partial charge in [-0.15, -0.1) is 0 Å². The average Bonchev–Trinajstić information content (AvgIpc) is 3.32. The molecule has 7 aromatic carbocycles. The van der Waals surface area contributed by atoms with Gasteiger partial charge in [-0.25, -0.2) is 0 Å². The predicted octanol–water partition coefficient (Wildman–Crippen LogP) is 14.5. The Bertz CT molecular complexity index is 3250. The van der Waals surface area contributed by atoms with Crippen LogP contribution in [0.2, 0.25) is 0 Å². The molecule has 0 unspecified atom stereocenters. The van der Waals surface area contributed by atoms with Gasteiger partial charge in [0.15, 0.2) is 0 Å². The highest BCUT2D eigenvalue weighted by atomic mass is 15.2. The van der Waals surface area contributed by atoms with Crippen LogP contribution in [0.4, 0.5) is 28.4 Å². The molecule has 0 saturated heterocycles. The average molecular weight is 785 g/mol. The minimum atomic E-state index is 0.864. The number of rotatable bonds is 10. The van der Waals surface area contributed by atoms with E-state index in [9.17, 15) is 0 Å². The molecular weight excluding hydrogens is 745 g/mol. The summed E-state index contributed by atoms with van der Waals surface area (Å²) >= 11 is 0. The summed E-state index contributed by atoms with van der Waals surface area (Å²) in [6.45, 7) is 5.84. The van der Waals surface area contributed by atoms with E-state index in [0.29, 0.717) is 0 Å². The molecule has 0 fully saturated rings. The van der Waals surface area contributed by atoms with Gasteiger partial charge in [-0.05, 0) is 158 Å². The topological polar surface area (TPSA) is 57.5 Å². The third-order valence-corrected chi connectivity index (χ3v) is 11.2. The van der Waals surface area contributed by atoms with Crippen molar-refractivity contribution in [3.63, 3.8) is 0 Å². The first-order chi connectivity index (χ1) is 30.2. The molecule has 0 aliphatic heterocycles. The largest absolute Gasteiger partial charge is 0.307 e. The first-order valence-corrected chi connectivity index (χ1v) is 20.3. The van der Waals surface area contributed by atoms with E-state index in [1.807, 2.05) is 49.8 Å². The van der Waals surface area contributed by atoms with Gasteiger partial charge >= 0.3 is 0 Å². The third kappa shape index (κ3) is 6.96. The van der Waals surface area contributed by atoms with Gasteiger partial charge < -0.3 is 9.80 Å². The van der Waals surface area contributed by atoms with Gasteiger partial charge in [-0.3, -0.25) is 19.9 Å². The minimum Gasteiger partial charge on any atom is -0.307 e. The van der Waals surface area contributed by atoms with Crippen LogP contribution in [0.25, 0.3) is 65.3 Å². The van der Waals surface area contributed by atoms with Crippen LogP contribution in [0.15, 0.2) is 224 Å². The molecule has 0 atom stereocenters. The number of pyridine rings is 3. The number of allylic oxidation sites excluding steroid dienone is 2. The molecule has 290 valence electrons. The second-order valence-corrected chi connectivity index (χ2v) is 14.9. The van der Waals surface area contributed by atoms with Crippen LogP contribution in [-0.2, 0) is 0 Å². The Balaban J connectivity index is 1.34. The number of aliphatic imine (C=N–C) groups is 1. The second kappa shape index (κ2) is 16.2. The third-order valence-electron chi connectivity index (χ3n) is 11.2. The summed E-state index contributed by atoms with van der Waals surface area (Å²) in [5.41, 5.74) is 10.2. The fraction of sp³-hybridized carbons (Fsp3) is 0.0182. The van der Waals surface area contributed by atoms with Crippen LogP contribution >= 0.6 is 0 Å². The molecule has 0 aliphatic rings. The SMILES string of the molecule is C=N/C=C(\C=C\C)N(c1cccnc1)c1ccc2c(-c3ccc4ccccc4c3)c3cc(N(c4cccnc4)c4cccnc4)ccc3c(-c3ccc4ccccc4c3)c2c1. The molecular formula is C55H40N6. The van der Waals surface area contributed by atoms with Crippen LogP contribution in [0, 0.1) is 0 Å². The zero-order chi connectivity index (χ0) is 41.1. The Kier molecular flexibility index (Phi) is 9.85. The molecule has 0 bridgehead atoms. The monoisotopic (exact) mass is 784 g/mol. The lowest BCUT2D eigenvalue weighted by Crippen LogP contribution is -2.15. The van der Waals surface area contributed by atoms with Gasteiger partial charge in [0.05, 0.1) is 47.5 Å². The molecule has 6 heteroatoms. The maximum Gasteiger partial charge on any atom is 0.0645 e. The first-order valence-electron chi connectivity index (χ1n) is 20.3. The molecule has 10 aromatic rings. The number of hydrogen-bond acceptors (Lipinski definition) is 6. The van der Waals surface area contributed by atoms with Crippen molar-refractivity contribution in [2.24, 2.45) is 4.99 Å².